The summed E-state index contributed by atoms with van der Waals surface area (Å²) in [6.45, 7) is 0. The van der Waals surface area contributed by atoms with Crippen LogP contribution in [0.4, 0.5) is 0 Å². The van der Waals surface area contributed by atoms with Crippen molar-refractivity contribution in [3.05, 3.63) is 59.2 Å². The average Bonchev–Trinajstić information content (AvgIpc) is 3.02. The van der Waals surface area contributed by atoms with Crippen molar-refractivity contribution in [1.82, 2.24) is 9.71 Å². The van der Waals surface area contributed by atoms with Gasteiger partial charge in [-0.15, -0.1) is 0 Å². The first-order valence-electron chi connectivity index (χ1n) is 7.62. The third-order valence-corrected chi connectivity index (χ3v) is 6.30. The minimum Gasteiger partial charge on any atom is -0.495 e. The van der Waals surface area contributed by atoms with Crippen molar-refractivity contribution >= 4 is 67.3 Å². The Balaban J connectivity index is 2.08. The van der Waals surface area contributed by atoms with Crippen LogP contribution < -0.4 is 9.46 Å². The molecule has 27 heavy (non-hydrogen) atoms. The molecule has 0 radical (unpaired) electrons. The smallest absolute Gasteiger partial charge is 0.244 e. The lowest BCUT2D eigenvalue weighted by atomic mass is 10.1. The van der Waals surface area contributed by atoms with Crippen LogP contribution in [0, 0.1) is 0 Å². The molecular weight excluding hydrogens is 454 g/mol. The molecule has 3 rings (SSSR count). The monoisotopic (exact) mass is 466 g/mol. The second kappa shape index (κ2) is 7.70. The number of sulfonamides is 1. The highest BCUT2D eigenvalue weighted by Gasteiger charge is 2.39. The van der Waals surface area contributed by atoms with Crippen LogP contribution >= 0.6 is 46.4 Å². The Morgan fingerprint density at radius 1 is 1.15 bits per heavy atom. The highest BCUT2D eigenvalue weighted by Crippen LogP contribution is 2.43. The maximum Gasteiger partial charge on any atom is 0.244 e. The molecule has 1 atom stereocenters. The van der Waals surface area contributed by atoms with Crippen molar-refractivity contribution in [2.24, 2.45) is 0 Å². The first-order valence-corrected chi connectivity index (χ1v) is 10.6. The molecule has 0 saturated heterocycles. The summed E-state index contributed by atoms with van der Waals surface area (Å²) >= 11 is 24.3. The van der Waals surface area contributed by atoms with Gasteiger partial charge in [0.15, 0.2) is 0 Å². The highest BCUT2D eigenvalue weighted by molar-refractivity contribution is 7.89. The fraction of sp³-hybridized carbons (Fsp3) is 0.176. The standard InChI is InChI=1S/C17H14Cl4N2O3S/c1-26-14-8-10(18)6-7-15(14)27(24,25)23-16(17(19,20)21)12-9-22-13-5-3-2-4-11(12)13/h2-9,16,22-23H,1H3. The number of rotatable bonds is 5. The number of hydrogen-bond donors (Lipinski definition) is 2. The molecule has 3 aromatic rings. The summed E-state index contributed by atoms with van der Waals surface area (Å²) in [5.74, 6) is 0.0806. The summed E-state index contributed by atoms with van der Waals surface area (Å²) in [7, 11) is -2.75. The number of fused-ring (bicyclic) bond motifs is 1. The van der Waals surface area contributed by atoms with Gasteiger partial charge in [-0.2, -0.15) is 4.72 Å². The predicted octanol–water partition coefficient (Wildman–Crippen LogP) is 5.22. The molecule has 2 aromatic carbocycles. The number of hydrogen-bond acceptors (Lipinski definition) is 3. The van der Waals surface area contributed by atoms with Gasteiger partial charge in [0.2, 0.25) is 13.8 Å². The van der Waals surface area contributed by atoms with E-state index in [2.05, 4.69) is 9.71 Å². The Kier molecular flexibility index (Phi) is 5.87. The summed E-state index contributed by atoms with van der Waals surface area (Å²) in [4.78, 5) is 2.93. The SMILES string of the molecule is COc1cc(Cl)ccc1S(=O)(=O)NC(c1c[nH]c2ccccc12)C(Cl)(Cl)Cl. The van der Waals surface area contributed by atoms with E-state index in [9.17, 15) is 8.42 Å². The fourth-order valence-electron chi connectivity index (χ4n) is 2.72. The molecular formula is C17H14Cl4N2O3S. The van der Waals surface area contributed by atoms with E-state index in [0.29, 0.717) is 10.6 Å². The zero-order valence-electron chi connectivity index (χ0n) is 13.8. The molecule has 1 aromatic heterocycles. The molecule has 0 bridgehead atoms. The van der Waals surface area contributed by atoms with E-state index in [1.807, 2.05) is 24.3 Å². The van der Waals surface area contributed by atoms with Crippen LogP contribution in [0.3, 0.4) is 0 Å². The number of H-pyrrole nitrogens is 1. The van der Waals surface area contributed by atoms with Crippen molar-refractivity contribution in [2.45, 2.75) is 14.7 Å². The van der Waals surface area contributed by atoms with Gasteiger partial charge in [-0.05, 0) is 23.8 Å². The molecule has 5 nitrogen and oxygen atoms in total. The lowest BCUT2D eigenvalue weighted by Gasteiger charge is -2.25. The summed E-state index contributed by atoms with van der Waals surface area (Å²) in [5, 5.41) is 1.07. The van der Waals surface area contributed by atoms with Gasteiger partial charge in [-0.1, -0.05) is 64.6 Å². The normalized spacial score (nSPS) is 13.7. The molecule has 0 aliphatic rings. The number of halogens is 4. The lowest BCUT2D eigenvalue weighted by Crippen LogP contribution is -2.36. The number of methoxy groups -OCH3 is 1. The first kappa shape index (κ1) is 20.6. The summed E-state index contributed by atoms with van der Waals surface area (Å²) in [6, 6.07) is 10.3. The quantitative estimate of drug-likeness (QED) is 0.505. The Morgan fingerprint density at radius 3 is 2.52 bits per heavy atom. The van der Waals surface area contributed by atoms with Crippen LogP contribution in [-0.4, -0.2) is 24.3 Å². The van der Waals surface area contributed by atoms with Gasteiger partial charge in [0.25, 0.3) is 0 Å². The molecule has 0 amide bonds. The van der Waals surface area contributed by atoms with Gasteiger partial charge in [-0.25, -0.2) is 8.42 Å². The van der Waals surface area contributed by atoms with Crippen LogP contribution in [0.1, 0.15) is 11.6 Å². The maximum atomic E-state index is 13.0. The number of aromatic nitrogens is 1. The highest BCUT2D eigenvalue weighted by atomic mass is 35.6. The lowest BCUT2D eigenvalue weighted by molar-refractivity contribution is 0.402. The number of nitrogens with one attached hydrogen (secondary N) is 2. The van der Waals surface area contributed by atoms with Crippen molar-refractivity contribution in [3.8, 4) is 5.75 Å². The molecule has 0 spiro atoms. The minimum atomic E-state index is -4.10. The minimum absolute atomic E-state index is 0.0806. The maximum absolute atomic E-state index is 13.0. The van der Waals surface area contributed by atoms with E-state index in [1.54, 1.807) is 6.20 Å². The number of para-hydroxylation sites is 1. The number of alkyl halides is 3. The van der Waals surface area contributed by atoms with Gasteiger partial charge >= 0.3 is 0 Å². The Bertz CT molecular complexity index is 1080. The van der Waals surface area contributed by atoms with Crippen LogP contribution in [0.15, 0.2) is 53.6 Å². The topological polar surface area (TPSA) is 71.2 Å². The molecule has 0 aliphatic heterocycles. The number of ether oxygens (including phenoxy) is 1. The van der Waals surface area contributed by atoms with E-state index >= 15 is 0 Å². The summed E-state index contributed by atoms with van der Waals surface area (Å²) < 4.78 is 31.6. The Morgan fingerprint density at radius 2 is 1.85 bits per heavy atom. The molecule has 1 heterocycles. The van der Waals surface area contributed by atoms with Crippen LogP contribution in [-0.2, 0) is 10.0 Å². The zero-order chi connectivity index (χ0) is 19.8. The second-order valence-corrected chi connectivity index (χ2v) is 10.2. The van der Waals surface area contributed by atoms with Crippen molar-refractivity contribution in [3.63, 3.8) is 0 Å². The van der Waals surface area contributed by atoms with E-state index < -0.39 is 19.9 Å². The van der Waals surface area contributed by atoms with Gasteiger partial charge < -0.3 is 9.72 Å². The van der Waals surface area contributed by atoms with E-state index in [1.165, 1.54) is 25.3 Å². The fourth-order valence-corrected chi connectivity index (χ4v) is 4.99. The third kappa shape index (κ3) is 4.31. The Hall–Kier alpha value is -1.15. The zero-order valence-corrected chi connectivity index (χ0v) is 17.7. The predicted molar refractivity (Wildman–Crippen MR) is 110 cm³/mol. The molecule has 0 saturated carbocycles. The third-order valence-electron chi connectivity index (χ3n) is 3.95. The van der Waals surface area contributed by atoms with Gasteiger partial charge in [0.05, 0.1) is 13.2 Å². The second-order valence-electron chi connectivity index (χ2n) is 5.68. The molecule has 1 unspecified atom stereocenters. The van der Waals surface area contributed by atoms with E-state index in [0.717, 1.165) is 10.9 Å². The summed E-state index contributed by atoms with van der Waals surface area (Å²) in [6.07, 6.45) is 1.61. The van der Waals surface area contributed by atoms with Crippen LogP contribution in [0.5, 0.6) is 5.75 Å². The van der Waals surface area contributed by atoms with Crippen LogP contribution in [0.25, 0.3) is 10.9 Å². The average molecular weight is 468 g/mol. The summed E-state index contributed by atoms with van der Waals surface area (Å²) in [5.41, 5.74) is 1.29. The molecule has 2 N–H and O–H groups in total. The molecule has 0 aliphatic carbocycles. The number of benzene rings is 2. The Labute approximate surface area is 176 Å². The molecule has 10 heteroatoms. The largest absolute Gasteiger partial charge is 0.495 e. The molecule has 144 valence electrons. The first-order chi connectivity index (χ1) is 12.6. The van der Waals surface area contributed by atoms with Gasteiger partial charge in [0, 0.05) is 28.2 Å². The van der Waals surface area contributed by atoms with Crippen molar-refractivity contribution in [1.29, 1.82) is 0 Å². The number of aromatic amines is 1. The van der Waals surface area contributed by atoms with Crippen molar-refractivity contribution in [2.75, 3.05) is 7.11 Å². The van der Waals surface area contributed by atoms with Gasteiger partial charge in [-0.3, -0.25) is 0 Å². The van der Waals surface area contributed by atoms with Crippen LogP contribution in [0.2, 0.25) is 5.02 Å². The van der Waals surface area contributed by atoms with Crippen molar-refractivity contribution < 1.29 is 13.2 Å². The molecule has 0 fully saturated rings. The van der Waals surface area contributed by atoms with Gasteiger partial charge in [0.1, 0.15) is 10.6 Å². The van der Waals surface area contributed by atoms with E-state index in [-0.39, 0.29) is 10.6 Å². The van der Waals surface area contributed by atoms with E-state index in [4.69, 9.17) is 51.1 Å².